The number of fused-ring (bicyclic) bond motifs is 1. The van der Waals surface area contributed by atoms with Gasteiger partial charge in [-0.25, -0.2) is 0 Å². The van der Waals surface area contributed by atoms with Crippen LogP contribution in [0.4, 0.5) is 0 Å². The van der Waals surface area contributed by atoms with Crippen LogP contribution in [0.1, 0.15) is 37.4 Å². The summed E-state index contributed by atoms with van der Waals surface area (Å²) in [7, 11) is 0. The Morgan fingerprint density at radius 1 is 1.13 bits per heavy atom. The fourth-order valence-corrected chi connectivity index (χ4v) is 2.67. The highest BCUT2D eigenvalue weighted by atomic mass is 16.7. The zero-order valence-corrected chi connectivity index (χ0v) is 8.93. The van der Waals surface area contributed by atoms with Gasteiger partial charge in [0.2, 0.25) is 0 Å². The van der Waals surface area contributed by atoms with E-state index in [1.807, 2.05) is 0 Å². The van der Waals surface area contributed by atoms with Crippen LogP contribution in [0.5, 0.6) is 0 Å². The Morgan fingerprint density at radius 3 is 2.80 bits per heavy atom. The van der Waals surface area contributed by atoms with E-state index in [0.29, 0.717) is 12.1 Å². The van der Waals surface area contributed by atoms with Gasteiger partial charge in [-0.05, 0) is 24.8 Å². The summed E-state index contributed by atoms with van der Waals surface area (Å²) in [4.78, 5) is 5.98. The van der Waals surface area contributed by atoms with Crippen molar-refractivity contribution in [3.8, 4) is 0 Å². The molecule has 3 rings (SSSR count). The van der Waals surface area contributed by atoms with Crippen molar-refractivity contribution in [2.24, 2.45) is 0 Å². The zero-order chi connectivity index (χ0) is 10.1. The van der Waals surface area contributed by atoms with Crippen LogP contribution < -0.4 is 0 Å². The summed E-state index contributed by atoms with van der Waals surface area (Å²) in [5.41, 5.74) is 1.33. The maximum absolute atomic E-state index is 5.98. The molecule has 2 aliphatic heterocycles. The SMILES string of the molecule is c1ccc([C@H]2C[C@@H]3CCCCN3O2)cc1. The lowest BCUT2D eigenvalue weighted by Gasteiger charge is -2.26. The highest BCUT2D eigenvalue weighted by Gasteiger charge is 2.35. The Bertz CT molecular complexity index is 311. The first-order valence-corrected chi connectivity index (χ1v) is 5.92. The summed E-state index contributed by atoms with van der Waals surface area (Å²) in [5, 5.41) is 2.21. The van der Waals surface area contributed by atoms with Gasteiger partial charge in [0, 0.05) is 12.6 Å². The molecule has 2 atom stereocenters. The molecule has 0 saturated carbocycles. The number of hydrogen-bond acceptors (Lipinski definition) is 2. The summed E-state index contributed by atoms with van der Waals surface area (Å²) < 4.78 is 0. The molecule has 0 amide bonds. The third-order valence-corrected chi connectivity index (χ3v) is 3.49. The van der Waals surface area contributed by atoms with Crippen LogP contribution in [0, 0.1) is 0 Å². The van der Waals surface area contributed by atoms with E-state index in [9.17, 15) is 0 Å². The predicted molar refractivity (Wildman–Crippen MR) is 59.2 cm³/mol. The highest BCUT2D eigenvalue weighted by Crippen LogP contribution is 2.37. The minimum absolute atomic E-state index is 0.300. The molecule has 0 N–H and O–H groups in total. The van der Waals surface area contributed by atoms with Gasteiger partial charge in [-0.2, -0.15) is 5.06 Å². The maximum Gasteiger partial charge on any atom is 0.106 e. The average molecular weight is 203 g/mol. The van der Waals surface area contributed by atoms with Gasteiger partial charge in [-0.15, -0.1) is 0 Å². The molecule has 1 aromatic carbocycles. The van der Waals surface area contributed by atoms with E-state index < -0.39 is 0 Å². The number of hydroxylamine groups is 2. The highest BCUT2D eigenvalue weighted by molar-refractivity contribution is 5.18. The summed E-state index contributed by atoms with van der Waals surface area (Å²) in [6, 6.07) is 11.3. The predicted octanol–water partition coefficient (Wildman–Crippen LogP) is 2.92. The van der Waals surface area contributed by atoms with Crippen LogP contribution in [0.25, 0.3) is 0 Å². The van der Waals surface area contributed by atoms with Crippen LogP contribution in [0.15, 0.2) is 30.3 Å². The molecule has 15 heavy (non-hydrogen) atoms. The van der Waals surface area contributed by atoms with Crippen molar-refractivity contribution in [2.75, 3.05) is 6.54 Å². The smallest absolute Gasteiger partial charge is 0.106 e. The molecule has 2 saturated heterocycles. The monoisotopic (exact) mass is 203 g/mol. The lowest BCUT2D eigenvalue weighted by Crippen LogP contribution is -2.32. The number of benzene rings is 1. The molecule has 80 valence electrons. The number of nitrogens with zero attached hydrogens (tertiary/aromatic N) is 1. The van der Waals surface area contributed by atoms with Crippen molar-refractivity contribution in [1.82, 2.24) is 5.06 Å². The molecule has 0 bridgehead atoms. The van der Waals surface area contributed by atoms with Gasteiger partial charge < -0.3 is 0 Å². The maximum atomic E-state index is 5.98. The fraction of sp³-hybridized carbons (Fsp3) is 0.538. The standard InChI is InChI=1S/C13H17NO/c1-2-6-11(7-3-1)13-10-12-8-4-5-9-14(12)15-13/h1-3,6-7,12-13H,4-5,8-10H2/t12-,13+/m0/s1. The molecule has 0 radical (unpaired) electrons. The lowest BCUT2D eigenvalue weighted by molar-refractivity contribution is -0.173. The topological polar surface area (TPSA) is 12.5 Å². The molecule has 0 spiro atoms. The van der Waals surface area contributed by atoms with E-state index in [1.165, 1.54) is 31.2 Å². The van der Waals surface area contributed by atoms with Crippen LogP contribution in [0.2, 0.25) is 0 Å². The second-order valence-corrected chi connectivity index (χ2v) is 4.53. The van der Waals surface area contributed by atoms with Gasteiger partial charge in [0.25, 0.3) is 0 Å². The normalized spacial score (nSPS) is 31.5. The molecule has 2 fully saturated rings. The van der Waals surface area contributed by atoms with Gasteiger partial charge in [-0.1, -0.05) is 36.8 Å². The molecule has 2 nitrogen and oxygen atoms in total. The van der Waals surface area contributed by atoms with Gasteiger partial charge in [0.15, 0.2) is 0 Å². The fourth-order valence-electron chi connectivity index (χ4n) is 2.67. The third kappa shape index (κ3) is 1.80. The Balaban J connectivity index is 1.75. The van der Waals surface area contributed by atoms with Crippen molar-refractivity contribution in [3.63, 3.8) is 0 Å². The molecule has 0 unspecified atom stereocenters. The van der Waals surface area contributed by atoms with E-state index in [1.54, 1.807) is 0 Å². The van der Waals surface area contributed by atoms with E-state index in [4.69, 9.17) is 4.84 Å². The van der Waals surface area contributed by atoms with Crippen LogP contribution in [-0.2, 0) is 4.84 Å². The molecular formula is C13H17NO. The molecule has 0 aliphatic carbocycles. The summed E-state index contributed by atoms with van der Waals surface area (Å²) in [6.07, 6.45) is 5.44. The van der Waals surface area contributed by atoms with Crippen molar-refractivity contribution >= 4 is 0 Å². The largest absolute Gasteiger partial charge is 0.291 e. The summed E-state index contributed by atoms with van der Waals surface area (Å²) in [6.45, 7) is 1.12. The Morgan fingerprint density at radius 2 is 2.00 bits per heavy atom. The van der Waals surface area contributed by atoms with Gasteiger partial charge in [0.1, 0.15) is 6.10 Å². The van der Waals surface area contributed by atoms with Crippen LogP contribution in [0.3, 0.4) is 0 Å². The van der Waals surface area contributed by atoms with Gasteiger partial charge >= 0.3 is 0 Å². The van der Waals surface area contributed by atoms with Crippen molar-refractivity contribution in [1.29, 1.82) is 0 Å². The quantitative estimate of drug-likeness (QED) is 0.696. The molecule has 2 aliphatic rings. The zero-order valence-electron chi connectivity index (χ0n) is 8.93. The van der Waals surface area contributed by atoms with Gasteiger partial charge in [0.05, 0.1) is 0 Å². The second kappa shape index (κ2) is 3.95. The molecule has 0 aromatic heterocycles. The van der Waals surface area contributed by atoms with Crippen molar-refractivity contribution < 1.29 is 4.84 Å². The Labute approximate surface area is 90.8 Å². The first-order valence-electron chi connectivity index (χ1n) is 5.92. The first kappa shape index (κ1) is 9.37. The number of rotatable bonds is 1. The van der Waals surface area contributed by atoms with E-state index >= 15 is 0 Å². The summed E-state index contributed by atoms with van der Waals surface area (Å²) in [5.74, 6) is 0. The van der Waals surface area contributed by atoms with Crippen LogP contribution >= 0.6 is 0 Å². The molecule has 2 heteroatoms. The Kier molecular flexibility index (Phi) is 2.47. The minimum Gasteiger partial charge on any atom is -0.291 e. The molecule has 1 aromatic rings. The number of hydrogen-bond donors (Lipinski definition) is 0. The minimum atomic E-state index is 0.300. The van der Waals surface area contributed by atoms with Crippen molar-refractivity contribution in [3.05, 3.63) is 35.9 Å². The Hall–Kier alpha value is -0.860. The van der Waals surface area contributed by atoms with Gasteiger partial charge in [-0.3, -0.25) is 4.84 Å². The summed E-state index contributed by atoms with van der Waals surface area (Å²) >= 11 is 0. The molecule has 2 heterocycles. The average Bonchev–Trinajstić information content (AvgIpc) is 2.74. The third-order valence-electron chi connectivity index (χ3n) is 3.49. The molecular weight excluding hydrogens is 186 g/mol. The van der Waals surface area contributed by atoms with Crippen LogP contribution in [-0.4, -0.2) is 17.6 Å². The first-order chi connectivity index (χ1) is 7.43. The second-order valence-electron chi connectivity index (χ2n) is 4.53. The van der Waals surface area contributed by atoms with E-state index in [0.717, 1.165) is 6.54 Å². The van der Waals surface area contributed by atoms with E-state index in [-0.39, 0.29) is 0 Å². The lowest BCUT2D eigenvalue weighted by atomic mass is 9.97. The van der Waals surface area contributed by atoms with Crippen molar-refractivity contribution in [2.45, 2.75) is 37.8 Å². The van der Waals surface area contributed by atoms with E-state index in [2.05, 4.69) is 35.4 Å². The number of piperidine rings is 1.